The summed E-state index contributed by atoms with van der Waals surface area (Å²) in [7, 11) is 3.27. The van der Waals surface area contributed by atoms with Crippen molar-refractivity contribution in [3.8, 4) is 5.88 Å². The van der Waals surface area contributed by atoms with Crippen molar-refractivity contribution in [1.82, 2.24) is 9.88 Å². The molecular weight excluding hydrogens is 282 g/mol. The number of likely N-dealkylation sites (tertiary alicyclic amines) is 1. The third kappa shape index (κ3) is 3.75. The largest absolute Gasteiger partial charge is 0.481 e. The van der Waals surface area contributed by atoms with E-state index >= 15 is 0 Å². The number of nitrogens with zero attached hydrogens (tertiary/aromatic N) is 3. The summed E-state index contributed by atoms with van der Waals surface area (Å²) in [4.78, 5) is 31.8. The van der Waals surface area contributed by atoms with Gasteiger partial charge >= 0.3 is 0 Å². The van der Waals surface area contributed by atoms with Gasteiger partial charge in [-0.1, -0.05) is 0 Å². The highest BCUT2D eigenvalue weighted by Crippen LogP contribution is 2.19. The number of hydrogen-bond donors (Lipinski definition) is 0. The Labute approximate surface area is 131 Å². The summed E-state index contributed by atoms with van der Waals surface area (Å²) in [6.45, 7) is 2.68. The predicted octanol–water partition coefficient (Wildman–Crippen LogP) is 1.84. The zero-order valence-electron chi connectivity index (χ0n) is 13.4. The predicted molar refractivity (Wildman–Crippen MR) is 83.8 cm³/mol. The Morgan fingerprint density at radius 1 is 1.45 bits per heavy atom. The fraction of sp³-hybridized carbons (Fsp3) is 0.562. The van der Waals surface area contributed by atoms with Gasteiger partial charge in [0.15, 0.2) is 0 Å². The lowest BCUT2D eigenvalue weighted by Crippen LogP contribution is -2.44. The van der Waals surface area contributed by atoms with E-state index in [1.54, 1.807) is 37.4 Å². The first-order chi connectivity index (χ1) is 10.5. The Bertz CT molecular complexity index is 530. The minimum Gasteiger partial charge on any atom is -0.481 e. The topological polar surface area (TPSA) is 62.7 Å². The summed E-state index contributed by atoms with van der Waals surface area (Å²) < 4.78 is 5.01. The first-order valence-electron chi connectivity index (χ1n) is 7.59. The second-order valence-corrected chi connectivity index (χ2v) is 5.61. The molecule has 6 nitrogen and oxygen atoms in total. The van der Waals surface area contributed by atoms with Gasteiger partial charge in [0.25, 0.3) is 0 Å². The fourth-order valence-electron chi connectivity index (χ4n) is 2.63. The third-order valence-electron chi connectivity index (χ3n) is 4.05. The zero-order valence-corrected chi connectivity index (χ0v) is 13.4. The van der Waals surface area contributed by atoms with Crippen molar-refractivity contribution in [2.45, 2.75) is 38.6 Å². The molecule has 1 aromatic rings. The number of ether oxygens (including phenoxy) is 1. The van der Waals surface area contributed by atoms with Crippen molar-refractivity contribution in [2.75, 3.05) is 25.6 Å². The number of methoxy groups -OCH3 is 1. The minimum atomic E-state index is -0.0750. The van der Waals surface area contributed by atoms with Gasteiger partial charge in [-0.2, -0.15) is 0 Å². The van der Waals surface area contributed by atoms with Gasteiger partial charge in [-0.15, -0.1) is 0 Å². The van der Waals surface area contributed by atoms with Gasteiger partial charge < -0.3 is 14.5 Å². The monoisotopic (exact) mass is 305 g/mol. The molecule has 0 spiro atoms. The highest BCUT2D eigenvalue weighted by molar-refractivity contribution is 5.93. The zero-order chi connectivity index (χ0) is 16.1. The van der Waals surface area contributed by atoms with E-state index in [4.69, 9.17) is 4.74 Å². The quantitative estimate of drug-likeness (QED) is 0.833. The molecule has 120 valence electrons. The van der Waals surface area contributed by atoms with Gasteiger partial charge in [0.05, 0.1) is 19.0 Å². The Morgan fingerprint density at radius 3 is 2.82 bits per heavy atom. The van der Waals surface area contributed by atoms with E-state index in [9.17, 15) is 9.59 Å². The lowest BCUT2D eigenvalue weighted by atomic mass is 10.1. The van der Waals surface area contributed by atoms with Crippen LogP contribution < -0.4 is 9.64 Å². The molecule has 1 fully saturated rings. The second-order valence-electron chi connectivity index (χ2n) is 5.61. The molecule has 0 N–H and O–H groups in total. The van der Waals surface area contributed by atoms with Crippen LogP contribution in [0, 0.1) is 0 Å². The van der Waals surface area contributed by atoms with Gasteiger partial charge in [-0.05, 0) is 25.8 Å². The van der Waals surface area contributed by atoms with Crippen LogP contribution in [0.15, 0.2) is 18.3 Å². The Balaban J connectivity index is 1.96. The number of rotatable bonds is 5. The average Bonchev–Trinajstić information content (AvgIpc) is 2.54. The maximum Gasteiger partial charge on any atom is 0.228 e. The van der Waals surface area contributed by atoms with Gasteiger partial charge in [0.2, 0.25) is 17.7 Å². The van der Waals surface area contributed by atoms with Crippen LogP contribution in [0.1, 0.15) is 32.6 Å². The van der Waals surface area contributed by atoms with E-state index in [-0.39, 0.29) is 17.9 Å². The molecule has 1 aromatic heterocycles. The van der Waals surface area contributed by atoms with Gasteiger partial charge in [-0.25, -0.2) is 4.98 Å². The molecule has 1 atom stereocenters. The first kappa shape index (κ1) is 16.3. The molecule has 1 aliphatic heterocycles. The van der Waals surface area contributed by atoms with Crippen molar-refractivity contribution in [3.05, 3.63) is 18.3 Å². The summed E-state index contributed by atoms with van der Waals surface area (Å²) in [5, 5.41) is 0. The van der Waals surface area contributed by atoms with E-state index in [1.807, 2.05) is 11.8 Å². The normalized spacial score (nSPS) is 16.3. The fourth-order valence-corrected chi connectivity index (χ4v) is 2.63. The number of piperidine rings is 1. The molecule has 0 saturated carbocycles. The van der Waals surface area contributed by atoms with E-state index in [1.165, 1.54) is 0 Å². The lowest BCUT2D eigenvalue weighted by Gasteiger charge is -2.33. The lowest BCUT2D eigenvalue weighted by molar-refractivity contribution is -0.136. The molecule has 2 heterocycles. The average molecular weight is 305 g/mol. The van der Waals surface area contributed by atoms with Crippen LogP contribution in [0.2, 0.25) is 0 Å². The highest BCUT2D eigenvalue weighted by Gasteiger charge is 2.25. The molecule has 0 aliphatic carbocycles. The summed E-state index contributed by atoms with van der Waals surface area (Å²) in [6, 6.07) is 3.44. The van der Waals surface area contributed by atoms with Crippen molar-refractivity contribution < 1.29 is 14.3 Å². The number of aromatic nitrogens is 1. The molecule has 0 radical (unpaired) electrons. The Morgan fingerprint density at radius 2 is 2.23 bits per heavy atom. The van der Waals surface area contributed by atoms with E-state index in [0.717, 1.165) is 19.4 Å². The molecule has 0 bridgehead atoms. The maximum absolute atomic E-state index is 12.4. The molecule has 22 heavy (non-hydrogen) atoms. The van der Waals surface area contributed by atoms with E-state index in [0.29, 0.717) is 24.4 Å². The van der Waals surface area contributed by atoms with Crippen molar-refractivity contribution in [2.24, 2.45) is 0 Å². The molecule has 1 aliphatic rings. The molecule has 1 saturated heterocycles. The van der Waals surface area contributed by atoms with Gasteiger partial charge in [0, 0.05) is 38.5 Å². The number of pyridine rings is 1. The van der Waals surface area contributed by atoms with Crippen LogP contribution in [-0.2, 0) is 9.59 Å². The number of amides is 2. The summed E-state index contributed by atoms with van der Waals surface area (Å²) in [5.41, 5.74) is 0.711. The Kier molecular flexibility index (Phi) is 5.35. The minimum absolute atomic E-state index is 0.0298. The third-order valence-corrected chi connectivity index (χ3v) is 4.05. The summed E-state index contributed by atoms with van der Waals surface area (Å²) in [5.74, 6) is 0.634. The molecule has 2 amide bonds. The first-order valence-corrected chi connectivity index (χ1v) is 7.59. The van der Waals surface area contributed by atoms with Crippen LogP contribution >= 0.6 is 0 Å². The second kappa shape index (κ2) is 7.24. The van der Waals surface area contributed by atoms with Crippen LogP contribution in [0.3, 0.4) is 0 Å². The summed E-state index contributed by atoms with van der Waals surface area (Å²) in [6.07, 6.45) is 4.48. The molecule has 0 aromatic carbocycles. The molecule has 0 unspecified atom stereocenters. The van der Waals surface area contributed by atoms with Crippen LogP contribution in [0.5, 0.6) is 5.88 Å². The number of hydrogen-bond acceptors (Lipinski definition) is 4. The summed E-state index contributed by atoms with van der Waals surface area (Å²) >= 11 is 0. The maximum atomic E-state index is 12.4. The van der Waals surface area contributed by atoms with Crippen molar-refractivity contribution in [1.29, 1.82) is 0 Å². The number of carbonyl (C=O) groups is 2. The Hall–Kier alpha value is -2.11. The smallest absolute Gasteiger partial charge is 0.228 e. The van der Waals surface area contributed by atoms with Crippen molar-refractivity contribution in [3.63, 3.8) is 0 Å². The van der Waals surface area contributed by atoms with Crippen LogP contribution in [0.4, 0.5) is 5.69 Å². The number of anilines is 1. The highest BCUT2D eigenvalue weighted by atomic mass is 16.5. The SMILES string of the molecule is COc1ccc(N(C)C(=O)C[C@@H](C)N2CCCCC2=O)cn1. The van der Waals surface area contributed by atoms with Crippen molar-refractivity contribution >= 4 is 17.5 Å². The van der Waals surface area contributed by atoms with E-state index in [2.05, 4.69) is 4.98 Å². The van der Waals surface area contributed by atoms with Gasteiger partial charge in [0.1, 0.15) is 0 Å². The molecular formula is C16H23N3O3. The van der Waals surface area contributed by atoms with Crippen LogP contribution in [-0.4, -0.2) is 48.4 Å². The number of carbonyl (C=O) groups excluding carboxylic acids is 2. The van der Waals surface area contributed by atoms with Gasteiger partial charge in [-0.3, -0.25) is 9.59 Å². The molecule has 2 rings (SSSR count). The van der Waals surface area contributed by atoms with E-state index < -0.39 is 0 Å². The molecule has 6 heteroatoms. The van der Waals surface area contributed by atoms with Crippen LogP contribution in [0.25, 0.3) is 0 Å². The standard InChI is InChI=1S/C16H23N3O3/c1-12(19-9-5-4-6-15(19)20)10-16(21)18(2)13-7-8-14(22-3)17-11-13/h7-8,11-12H,4-6,9-10H2,1-3H3/t12-/m1/s1.